The number of benzene rings is 1. The Hall–Kier alpha value is -2.74. The van der Waals surface area contributed by atoms with Crippen molar-refractivity contribution in [3.63, 3.8) is 0 Å². The molecule has 2 heterocycles. The highest BCUT2D eigenvalue weighted by molar-refractivity contribution is 6.35. The van der Waals surface area contributed by atoms with E-state index < -0.39 is 11.5 Å². The van der Waals surface area contributed by atoms with Crippen LogP contribution in [0, 0.1) is 5.92 Å². The molecule has 0 bridgehead atoms. The summed E-state index contributed by atoms with van der Waals surface area (Å²) in [5, 5.41) is 0.179. The number of halogens is 1. The van der Waals surface area contributed by atoms with Crippen molar-refractivity contribution in [2.45, 2.75) is 31.8 Å². The predicted molar refractivity (Wildman–Crippen MR) is 113 cm³/mol. The molecule has 0 unspecified atom stereocenters. The van der Waals surface area contributed by atoms with Crippen LogP contribution >= 0.6 is 11.6 Å². The molecule has 1 saturated heterocycles. The predicted octanol–water partition coefficient (Wildman–Crippen LogP) is 3.05. The topological polar surface area (TPSA) is 91.4 Å². The first-order chi connectivity index (χ1) is 14.7. The Morgan fingerprint density at radius 3 is 2.29 bits per heavy atom. The molecule has 168 valence electrons. The third-order valence-electron chi connectivity index (χ3n) is 5.81. The molecule has 1 aromatic rings. The van der Waals surface area contributed by atoms with Gasteiger partial charge in [-0.3, -0.25) is 14.4 Å². The van der Waals surface area contributed by atoms with Crippen molar-refractivity contribution in [3.8, 4) is 17.2 Å². The number of carbonyl (C=O) groups is 3. The average molecular weight is 452 g/mol. The second-order valence-corrected chi connectivity index (χ2v) is 8.05. The summed E-state index contributed by atoms with van der Waals surface area (Å²) in [7, 11) is 6.15. The molecular weight excluding hydrogens is 426 g/mol. The zero-order valence-corrected chi connectivity index (χ0v) is 19.0. The number of ketones is 2. The molecule has 3 aliphatic rings. The largest absolute Gasteiger partial charge is 0.496 e. The second-order valence-electron chi connectivity index (χ2n) is 7.67. The van der Waals surface area contributed by atoms with Crippen molar-refractivity contribution in [1.82, 2.24) is 4.90 Å². The molecule has 2 aliphatic heterocycles. The summed E-state index contributed by atoms with van der Waals surface area (Å²) in [6.45, 7) is 2.73. The third kappa shape index (κ3) is 3.73. The van der Waals surface area contributed by atoms with Gasteiger partial charge in [-0.15, -0.1) is 0 Å². The van der Waals surface area contributed by atoms with Crippen molar-refractivity contribution < 1.29 is 33.3 Å². The van der Waals surface area contributed by atoms with E-state index >= 15 is 0 Å². The summed E-state index contributed by atoms with van der Waals surface area (Å²) in [4.78, 5) is 37.4. The minimum Gasteiger partial charge on any atom is -0.496 e. The van der Waals surface area contributed by atoms with Crippen LogP contribution in [-0.4, -0.2) is 62.9 Å². The molecular formula is C22H26ClNO7. The van der Waals surface area contributed by atoms with Crippen LogP contribution in [-0.2, 0) is 14.3 Å². The average Bonchev–Trinajstić information content (AvgIpc) is 3.27. The molecule has 0 radical (unpaired) electrons. The Morgan fingerprint density at radius 1 is 1.13 bits per heavy atom. The summed E-state index contributed by atoms with van der Waals surface area (Å²) in [5.74, 6) is 0.399. The van der Waals surface area contributed by atoms with Gasteiger partial charge in [0.05, 0.1) is 21.3 Å². The van der Waals surface area contributed by atoms with E-state index in [-0.39, 0.29) is 40.1 Å². The van der Waals surface area contributed by atoms with E-state index in [1.165, 1.54) is 33.5 Å². The number of Topliss-reactive ketones (excluding diaryl/α,β-unsaturated/α-hetero) is 1. The first-order valence-electron chi connectivity index (χ1n) is 9.92. The highest BCUT2D eigenvalue weighted by Crippen LogP contribution is 2.54. The number of carbonyl (C=O) groups excluding carboxylic acids is 3. The molecule has 1 fully saturated rings. The molecule has 1 aromatic carbocycles. The van der Waals surface area contributed by atoms with E-state index in [4.69, 9.17) is 30.5 Å². The van der Waals surface area contributed by atoms with Gasteiger partial charge in [-0.25, -0.2) is 0 Å². The fourth-order valence-corrected chi connectivity index (χ4v) is 4.35. The van der Waals surface area contributed by atoms with Crippen LogP contribution in [0.5, 0.6) is 17.2 Å². The van der Waals surface area contributed by atoms with Crippen LogP contribution in [0.1, 0.15) is 36.5 Å². The summed E-state index contributed by atoms with van der Waals surface area (Å²) in [6, 6.07) is 1.54. The Morgan fingerprint density at radius 2 is 1.81 bits per heavy atom. The Labute approximate surface area is 186 Å². The summed E-state index contributed by atoms with van der Waals surface area (Å²) < 4.78 is 21.9. The lowest BCUT2D eigenvalue weighted by Crippen LogP contribution is -2.51. The van der Waals surface area contributed by atoms with E-state index in [1.54, 1.807) is 11.8 Å². The number of methoxy groups -OCH3 is 3. The van der Waals surface area contributed by atoms with E-state index in [2.05, 4.69) is 0 Å². The molecule has 9 heteroatoms. The maximum absolute atomic E-state index is 13.3. The Balaban J connectivity index is 0.000000330. The highest BCUT2D eigenvalue weighted by Gasteiger charge is 2.59. The normalized spacial score (nSPS) is 24.3. The lowest BCUT2D eigenvalue weighted by molar-refractivity contribution is -0.126. The van der Waals surface area contributed by atoms with Crippen molar-refractivity contribution in [3.05, 3.63) is 28.5 Å². The number of amides is 1. The van der Waals surface area contributed by atoms with E-state index in [9.17, 15) is 14.4 Å². The lowest BCUT2D eigenvalue weighted by Gasteiger charge is -2.36. The van der Waals surface area contributed by atoms with Gasteiger partial charge >= 0.3 is 0 Å². The van der Waals surface area contributed by atoms with E-state index in [1.807, 2.05) is 7.05 Å². The standard InChI is InChI=1S/C17H17ClO6.C5H9NO/c1-8-5-9(19)6-12(23-4)17(8)16(20)13-10(21-2)7-11(22-3)14(18)15(13)24-17;1-6-4-2-3-5(6)7/h6-8H,5H2,1-4H3;2-4H2,1H3/t8-,17+;/m1./s1. The van der Waals surface area contributed by atoms with E-state index in [0.717, 1.165) is 19.4 Å². The number of nitrogens with zero attached hydrogens (tertiary/aromatic N) is 1. The Bertz CT molecular complexity index is 958. The molecule has 4 rings (SSSR count). The smallest absolute Gasteiger partial charge is 0.231 e. The van der Waals surface area contributed by atoms with Gasteiger partial charge in [0.25, 0.3) is 0 Å². The SMILES string of the molecule is CN1CCCC1=O.COC1=CC(=O)C[C@@H](C)[C@]12Oc1c(Cl)c(OC)cc(OC)c1C2=O. The second kappa shape index (κ2) is 8.78. The summed E-state index contributed by atoms with van der Waals surface area (Å²) in [5.41, 5.74) is -1.19. The third-order valence-corrected chi connectivity index (χ3v) is 6.17. The van der Waals surface area contributed by atoms with Crippen LogP contribution < -0.4 is 14.2 Å². The zero-order chi connectivity index (χ0) is 22.9. The molecule has 8 nitrogen and oxygen atoms in total. The van der Waals surface area contributed by atoms with Gasteiger partial charge in [-0.05, 0) is 6.42 Å². The van der Waals surface area contributed by atoms with Crippen molar-refractivity contribution >= 4 is 29.1 Å². The number of allylic oxidation sites excluding steroid dienone is 1. The van der Waals surface area contributed by atoms with Crippen molar-refractivity contribution in [2.75, 3.05) is 34.9 Å². The van der Waals surface area contributed by atoms with Crippen LogP contribution in [0.3, 0.4) is 0 Å². The quantitative estimate of drug-likeness (QED) is 0.697. The van der Waals surface area contributed by atoms with Crippen molar-refractivity contribution in [1.29, 1.82) is 0 Å². The molecule has 0 aromatic heterocycles. The summed E-state index contributed by atoms with van der Waals surface area (Å²) in [6.07, 6.45) is 3.29. The lowest BCUT2D eigenvalue weighted by atomic mass is 9.75. The van der Waals surface area contributed by atoms with Gasteiger partial charge in [-0.1, -0.05) is 18.5 Å². The van der Waals surface area contributed by atoms with Crippen LogP contribution in [0.15, 0.2) is 17.9 Å². The van der Waals surface area contributed by atoms with E-state index in [0.29, 0.717) is 17.4 Å². The number of ether oxygens (including phenoxy) is 4. The molecule has 0 saturated carbocycles. The van der Waals surface area contributed by atoms with Gasteiger partial charge in [0.15, 0.2) is 17.3 Å². The minimum atomic E-state index is -1.42. The maximum atomic E-state index is 13.3. The van der Waals surface area contributed by atoms with Gasteiger partial charge in [-0.2, -0.15) is 0 Å². The fraction of sp³-hybridized carbons (Fsp3) is 0.500. The number of rotatable bonds is 3. The van der Waals surface area contributed by atoms with Crippen LogP contribution in [0.25, 0.3) is 0 Å². The first kappa shape index (κ1) is 22.9. The minimum absolute atomic E-state index is 0.118. The van der Waals surface area contributed by atoms with Crippen LogP contribution in [0.2, 0.25) is 5.02 Å². The van der Waals surface area contributed by atoms with Gasteiger partial charge in [0.2, 0.25) is 17.3 Å². The monoisotopic (exact) mass is 451 g/mol. The number of hydrogen-bond donors (Lipinski definition) is 0. The number of fused-ring (bicyclic) bond motifs is 1. The number of likely N-dealkylation sites (tertiary alicyclic amines) is 1. The van der Waals surface area contributed by atoms with Gasteiger partial charge < -0.3 is 23.8 Å². The molecule has 0 N–H and O–H groups in total. The molecule has 1 aliphatic carbocycles. The Kier molecular flexibility index (Phi) is 6.50. The maximum Gasteiger partial charge on any atom is 0.231 e. The first-order valence-corrected chi connectivity index (χ1v) is 10.3. The van der Waals surface area contributed by atoms with Gasteiger partial charge in [0, 0.05) is 44.5 Å². The molecule has 1 amide bonds. The summed E-state index contributed by atoms with van der Waals surface area (Å²) >= 11 is 6.33. The molecule has 1 spiro atoms. The zero-order valence-electron chi connectivity index (χ0n) is 18.2. The number of hydrogen-bond acceptors (Lipinski definition) is 7. The van der Waals surface area contributed by atoms with Gasteiger partial charge in [0.1, 0.15) is 22.1 Å². The highest BCUT2D eigenvalue weighted by atomic mass is 35.5. The van der Waals surface area contributed by atoms with Crippen LogP contribution in [0.4, 0.5) is 0 Å². The molecule has 31 heavy (non-hydrogen) atoms. The molecule has 2 atom stereocenters. The van der Waals surface area contributed by atoms with Crippen molar-refractivity contribution in [2.24, 2.45) is 5.92 Å². The fourth-order valence-electron chi connectivity index (χ4n) is 4.08.